The van der Waals surface area contributed by atoms with E-state index in [0.717, 1.165) is 10.8 Å². The third-order valence-corrected chi connectivity index (χ3v) is 4.59. The number of phenols is 4. The molecule has 0 radical (unpaired) electrons. The zero-order chi connectivity index (χ0) is 21.1. The zero-order valence-electron chi connectivity index (χ0n) is 15.8. The second-order valence-corrected chi connectivity index (χ2v) is 6.65. The Hall–Kier alpha value is -4.32. The molecule has 0 aliphatic carbocycles. The van der Waals surface area contributed by atoms with Crippen LogP contribution in [0.2, 0.25) is 0 Å². The average Bonchev–Trinajstić information content (AvgIpc) is 2.72. The molecule has 0 saturated carbocycles. The molecule has 0 spiro atoms. The molecule has 0 amide bonds. The van der Waals surface area contributed by atoms with E-state index >= 15 is 0 Å². The smallest absolute Gasteiger partial charge is 0.128 e. The van der Waals surface area contributed by atoms with Crippen molar-refractivity contribution in [3.63, 3.8) is 0 Å². The highest BCUT2D eigenvalue weighted by Crippen LogP contribution is 2.33. The van der Waals surface area contributed by atoms with Gasteiger partial charge in [0.2, 0.25) is 0 Å². The van der Waals surface area contributed by atoms with Gasteiger partial charge in [0, 0.05) is 46.5 Å². The van der Waals surface area contributed by atoms with Crippen LogP contribution in [0.5, 0.6) is 23.0 Å². The van der Waals surface area contributed by atoms with Crippen LogP contribution in [0.15, 0.2) is 82.8 Å². The number of hydrogen-bond donors (Lipinski definition) is 4. The van der Waals surface area contributed by atoms with Crippen LogP contribution in [0.3, 0.4) is 0 Å². The predicted octanol–water partition coefficient (Wildman–Crippen LogP) is 5.16. The molecule has 6 nitrogen and oxygen atoms in total. The lowest BCUT2D eigenvalue weighted by molar-refractivity contribution is 0.449. The standard InChI is InChI=1S/C24H18N2O4/c27-17-9-7-15(23(29)11-17)13-25-21-5-1-3-19-20(21)4-2-6-22(19)26-14-16-8-10-18(28)12-24(16)30/h1-14,27-30H. The molecule has 148 valence electrons. The molecule has 4 aromatic rings. The third-order valence-electron chi connectivity index (χ3n) is 4.59. The van der Waals surface area contributed by atoms with Gasteiger partial charge in [-0.15, -0.1) is 0 Å². The van der Waals surface area contributed by atoms with Gasteiger partial charge >= 0.3 is 0 Å². The molecule has 0 saturated heterocycles. The lowest BCUT2D eigenvalue weighted by Crippen LogP contribution is -1.83. The first kappa shape index (κ1) is 19.0. The predicted molar refractivity (Wildman–Crippen MR) is 118 cm³/mol. The molecule has 0 aromatic heterocycles. The Morgan fingerprint density at radius 1 is 0.533 bits per heavy atom. The molecule has 0 unspecified atom stereocenters. The van der Waals surface area contributed by atoms with Crippen LogP contribution in [0.25, 0.3) is 10.8 Å². The van der Waals surface area contributed by atoms with Gasteiger partial charge in [0.1, 0.15) is 23.0 Å². The second-order valence-electron chi connectivity index (χ2n) is 6.65. The maximum Gasteiger partial charge on any atom is 0.128 e. The summed E-state index contributed by atoms with van der Waals surface area (Å²) in [6.07, 6.45) is 3.07. The summed E-state index contributed by atoms with van der Waals surface area (Å²) < 4.78 is 0. The number of aromatic hydroxyl groups is 4. The largest absolute Gasteiger partial charge is 0.508 e. The van der Waals surface area contributed by atoms with Crippen LogP contribution < -0.4 is 0 Å². The SMILES string of the molecule is Oc1ccc(C=Nc2cccc3c(N=Cc4ccc(O)cc4O)cccc23)c(O)c1. The number of fused-ring (bicyclic) bond motifs is 1. The minimum absolute atomic E-state index is 0.0167. The van der Waals surface area contributed by atoms with E-state index < -0.39 is 0 Å². The van der Waals surface area contributed by atoms with Gasteiger partial charge in [0.15, 0.2) is 0 Å². The van der Waals surface area contributed by atoms with Gasteiger partial charge < -0.3 is 20.4 Å². The Morgan fingerprint density at radius 3 is 1.37 bits per heavy atom. The Bertz CT molecular complexity index is 1200. The number of rotatable bonds is 4. The number of nitrogens with zero attached hydrogens (tertiary/aromatic N) is 2. The van der Waals surface area contributed by atoms with E-state index in [2.05, 4.69) is 9.98 Å². The lowest BCUT2D eigenvalue weighted by Gasteiger charge is -2.06. The van der Waals surface area contributed by atoms with Crippen LogP contribution in [-0.4, -0.2) is 32.9 Å². The van der Waals surface area contributed by atoms with E-state index in [4.69, 9.17) is 0 Å². The van der Waals surface area contributed by atoms with Crippen molar-refractivity contribution >= 4 is 34.6 Å². The van der Waals surface area contributed by atoms with Gasteiger partial charge in [-0.25, -0.2) is 0 Å². The molecular formula is C24H18N2O4. The van der Waals surface area contributed by atoms with Gasteiger partial charge in [0.05, 0.1) is 11.4 Å². The summed E-state index contributed by atoms with van der Waals surface area (Å²) in [5.41, 5.74) is 2.37. The van der Waals surface area contributed by atoms with Gasteiger partial charge in [-0.2, -0.15) is 0 Å². The fourth-order valence-corrected chi connectivity index (χ4v) is 3.06. The van der Waals surface area contributed by atoms with Gasteiger partial charge in [0.25, 0.3) is 0 Å². The number of phenolic OH excluding ortho intramolecular Hbond substituents is 4. The van der Waals surface area contributed by atoms with Crippen molar-refractivity contribution in [1.82, 2.24) is 0 Å². The molecule has 4 aromatic carbocycles. The molecule has 0 aliphatic rings. The van der Waals surface area contributed by atoms with Crippen molar-refractivity contribution in [2.45, 2.75) is 0 Å². The fraction of sp³-hybridized carbons (Fsp3) is 0. The summed E-state index contributed by atoms with van der Waals surface area (Å²) in [4.78, 5) is 8.98. The maximum absolute atomic E-state index is 9.94. The minimum atomic E-state index is -0.0574. The molecule has 4 rings (SSSR count). The topological polar surface area (TPSA) is 106 Å². The highest BCUT2D eigenvalue weighted by Gasteiger charge is 2.05. The first-order chi connectivity index (χ1) is 14.5. The molecule has 0 bridgehead atoms. The van der Waals surface area contributed by atoms with E-state index in [1.165, 1.54) is 36.7 Å². The third kappa shape index (κ3) is 3.93. The second kappa shape index (κ2) is 7.97. The van der Waals surface area contributed by atoms with Crippen molar-refractivity contribution in [1.29, 1.82) is 0 Å². The number of hydrogen-bond acceptors (Lipinski definition) is 6. The quantitative estimate of drug-likeness (QED) is 0.356. The number of aliphatic imine (C=N–C) groups is 2. The minimum Gasteiger partial charge on any atom is -0.508 e. The van der Waals surface area contributed by atoms with Gasteiger partial charge in [-0.05, 0) is 36.4 Å². The maximum atomic E-state index is 9.94. The summed E-state index contributed by atoms with van der Waals surface area (Å²) >= 11 is 0. The summed E-state index contributed by atoms with van der Waals surface area (Å²) in [6.45, 7) is 0. The number of benzene rings is 4. The molecule has 30 heavy (non-hydrogen) atoms. The monoisotopic (exact) mass is 398 g/mol. The zero-order valence-corrected chi connectivity index (χ0v) is 15.8. The molecule has 0 atom stereocenters. The Morgan fingerprint density at radius 2 is 0.967 bits per heavy atom. The van der Waals surface area contributed by atoms with E-state index in [1.54, 1.807) is 12.1 Å². The van der Waals surface area contributed by atoms with Gasteiger partial charge in [-0.1, -0.05) is 24.3 Å². The highest BCUT2D eigenvalue weighted by molar-refractivity contribution is 6.02. The average molecular weight is 398 g/mol. The Labute approximate surface area is 172 Å². The normalized spacial score (nSPS) is 11.6. The highest BCUT2D eigenvalue weighted by atomic mass is 16.3. The summed E-state index contributed by atoms with van der Waals surface area (Å²) in [5, 5.41) is 40.4. The van der Waals surface area contributed by atoms with Gasteiger partial charge in [-0.3, -0.25) is 9.98 Å². The first-order valence-corrected chi connectivity index (χ1v) is 9.15. The molecule has 0 heterocycles. The van der Waals surface area contributed by atoms with Crippen molar-refractivity contribution < 1.29 is 20.4 Å². The van der Waals surface area contributed by atoms with Crippen LogP contribution in [-0.2, 0) is 0 Å². The van der Waals surface area contributed by atoms with E-state index in [9.17, 15) is 20.4 Å². The molecular weight excluding hydrogens is 380 g/mol. The lowest BCUT2D eigenvalue weighted by atomic mass is 10.1. The summed E-state index contributed by atoms with van der Waals surface area (Å²) in [7, 11) is 0. The van der Waals surface area contributed by atoms with E-state index in [-0.39, 0.29) is 23.0 Å². The van der Waals surface area contributed by atoms with Crippen LogP contribution >= 0.6 is 0 Å². The van der Waals surface area contributed by atoms with Crippen molar-refractivity contribution in [2.75, 3.05) is 0 Å². The van der Waals surface area contributed by atoms with Crippen LogP contribution in [0, 0.1) is 0 Å². The van der Waals surface area contributed by atoms with Crippen LogP contribution in [0.1, 0.15) is 11.1 Å². The van der Waals surface area contributed by atoms with Crippen molar-refractivity contribution in [3.8, 4) is 23.0 Å². The summed E-state index contributed by atoms with van der Waals surface area (Å²) in [6, 6.07) is 19.9. The fourth-order valence-electron chi connectivity index (χ4n) is 3.06. The van der Waals surface area contributed by atoms with Crippen LogP contribution in [0.4, 0.5) is 11.4 Å². The van der Waals surface area contributed by atoms with Crippen molar-refractivity contribution in [2.24, 2.45) is 9.98 Å². The Kier molecular flexibility index (Phi) is 5.05. The summed E-state index contributed by atoms with van der Waals surface area (Å²) in [5.74, 6) is -0.148. The molecule has 0 fully saturated rings. The van der Waals surface area contributed by atoms with E-state index in [0.29, 0.717) is 22.5 Å². The molecule has 4 N–H and O–H groups in total. The first-order valence-electron chi connectivity index (χ1n) is 9.15. The van der Waals surface area contributed by atoms with Crippen molar-refractivity contribution in [3.05, 3.63) is 83.9 Å². The molecule has 6 heteroatoms. The van der Waals surface area contributed by atoms with E-state index in [1.807, 2.05) is 36.4 Å². The Balaban J connectivity index is 1.71. The molecule has 0 aliphatic heterocycles.